The Kier molecular flexibility index (Phi) is 2.92. The zero-order valence-corrected chi connectivity index (χ0v) is 9.19. The summed E-state index contributed by atoms with van der Waals surface area (Å²) in [6.07, 6.45) is 4.33. The third kappa shape index (κ3) is 1.80. The van der Waals surface area contributed by atoms with Crippen LogP contribution in [0.3, 0.4) is 0 Å². The van der Waals surface area contributed by atoms with Crippen molar-refractivity contribution in [3.63, 3.8) is 0 Å². The Morgan fingerprint density at radius 1 is 1.44 bits per heavy atom. The average Bonchev–Trinajstić information content (AvgIpc) is 2.23. The van der Waals surface area contributed by atoms with E-state index in [0.29, 0.717) is 6.54 Å². The van der Waals surface area contributed by atoms with E-state index in [4.69, 9.17) is 5.73 Å². The van der Waals surface area contributed by atoms with Crippen LogP contribution in [0.2, 0.25) is 0 Å². The van der Waals surface area contributed by atoms with Crippen LogP contribution in [0.15, 0.2) is 24.3 Å². The molecule has 1 aliphatic carbocycles. The third-order valence-electron chi connectivity index (χ3n) is 3.60. The van der Waals surface area contributed by atoms with Gasteiger partial charge in [-0.2, -0.15) is 0 Å². The number of nitro benzene ring substituents is 1. The first-order valence-corrected chi connectivity index (χ1v) is 5.63. The van der Waals surface area contributed by atoms with Crippen molar-refractivity contribution in [3.8, 4) is 0 Å². The fraction of sp³-hybridized carbons (Fsp3) is 0.500. The van der Waals surface area contributed by atoms with Crippen LogP contribution in [0.5, 0.6) is 0 Å². The maximum Gasteiger partial charge on any atom is 0.269 e. The quantitative estimate of drug-likeness (QED) is 0.625. The molecule has 86 valence electrons. The van der Waals surface area contributed by atoms with Crippen LogP contribution in [-0.4, -0.2) is 11.5 Å². The molecule has 1 aliphatic rings. The SMILES string of the molecule is NCCC1(c2cccc([N+](=O)[O-])c2)CCC1. The molecule has 0 aliphatic heterocycles. The van der Waals surface area contributed by atoms with Gasteiger partial charge in [-0.3, -0.25) is 10.1 Å². The fourth-order valence-corrected chi connectivity index (χ4v) is 2.51. The van der Waals surface area contributed by atoms with E-state index in [9.17, 15) is 10.1 Å². The van der Waals surface area contributed by atoms with Crippen molar-refractivity contribution in [2.24, 2.45) is 5.73 Å². The summed E-state index contributed by atoms with van der Waals surface area (Å²) in [6.45, 7) is 0.642. The van der Waals surface area contributed by atoms with Crippen molar-refractivity contribution in [1.82, 2.24) is 0 Å². The summed E-state index contributed by atoms with van der Waals surface area (Å²) in [5.74, 6) is 0. The van der Waals surface area contributed by atoms with Crippen molar-refractivity contribution >= 4 is 5.69 Å². The predicted molar refractivity (Wildman–Crippen MR) is 62.3 cm³/mol. The number of non-ortho nitro benzene ring substituents is 1. The number of nitro groups is 1. The smallest absolute Gasteiger partial charge is 0.269 e. The zero-order chi connectivity index (χ0) is 11.6. The van der Waals surface area contributed by atoms with Gasteiger partial charge in [0.1, 0.15) is 0 Å². The lowest BCUT2D eigenvalue weighted by Crippen LogP contribution is -2.36. The van der Waals surface area contributed by atoms with Gasteiger partial charge < -0.3 is 5.73 Å². The lowest BCUT2D eigenvalue weighted by Gasteiger charge is -2.42. The summed E-state index contributed by atoms with van der Waals surface area (Å²) in [5.41, 5.74) is 7.00. The number of nitrogens with zero attached hydrogens (tertiary/aromatic N) is 1. The summed E-state index contributed by atoms with van der Waals surface area (Å²) in [4.78, 5) is 10.4. The van der Waals surface area contributed by atoms with Gasteiger partial charge in [0.15, 0.2) is 0 Å². The maximum atomic E-state index is 10.7. The normalized spacial score (nSPS) is 17.8. The van der Waals surface area contributed by atoms with Gasteiger partial charge in [-0.1, -0.05) is 18.6 Å². The molecule has 16 heavy (non-hydrogen) atoms. The number of nitrogens with two attached hydrogens (primary N) is 1. The molecule has 1 saturated carbocycles. The average molecular weight is 220 g/mol. The van der Waals surface area contributed by atoms with Crippen LogP contribution in [0.1, 0.15) is 31.2 Å². The highest BCUT2D eigenvalue weighted by atomic mass is 16.6. The lowest BCUT2D eigenvalue weighted by molar-refractivity contribution is -0.385. The largest absolute Gasteiger partial charge is 0.330 e. The van der Waals surface area contributed by atoms with Crippen LogP contribution < -0.4 is 5.73 Å². The molecule has 0 amide bonds. The highest BCUT2D eigenvalue weighted by Gasteiger charge is 2.38. The standard InChI is InChI=1S/C12H16N2O2/c13-8-7-12(5-2-6-12)10-3-1-4-11(9-10)14(15)16/h1,3-4,9H,2,5-8,13H2. The van der Waals surface area contributed by atoms with E-state index in [1.165, 1.54) is 12.5 Å². The van der Waals surface area contributed by atoms with Crippen molar-refractivity contribution in [2.45, 2.75) is 31.1 Å². The molecule has 0 atom stereocenters. The molecular weight excluding hydrogens is 204 g/mol. The summed E-state index contributed by atoms with van der Waals surface area (Å²) in [6, 6.07) is 7.00. The highest BCUT2D eigenvalue weighted by molar-refractivity contribution is 5.39. The Bertz CT molecular complexity index is 400. The summed E-state index contributed by atoms with van der Waals surface area (Å²) >= 11 is 0. The molecule has 0 heterocycles. The van der Waals surface area contributed by atoms with Crippen LogP contribution in [0.4, 0.5) is 5.69 Å². The maximum absolute atomic E-state index is 10.7. The van der Waals surface area contributed by atoms with Gasteiger partial charge in [0, 0.05) is 12.1 Å². The third-order valence-corrected chi connectivity index (χ3v) is 3.60. The molecule has 0 aromatic heterocycles. The van der Waals surface area contributed by atoms with Crippen LogP contribution >= 0.6 is 0 Å². The monoisotopic (exact) mass is 220 g/mol. The van der Waals surface area contributed by atoms with Gasteiger partial charge in [0.25, 0.3) is 5.69 Å². The number of benzene rings is 1. The van der Waals surface area contributed by atoms with E-state index in [1.807, 2.05) is 6.07 Å². The van der Waals surface area contributed by atoms with Gasteiger partial charge in [0.05, 0.1) is 4.92 Å². The lowest BCUT2D eigenvalue weighted by atomic mass is 9.62. The summed E-state index contributed by atoms with van der Waals surface area (Å²) in [5, 5.41) is 10.7. The molecule has 0 unspecified atom stereocenters. The van der Waals surface area contributed by atoms with E-state index in [2.05, 4.69) is 0 Å². The summed E-state index contributed by atoms with van der Waals surface area (Å²) in [7, 11) is 0. The molecule has 1 fully saturated rings. The van der Waals surface area contributed by atoms with Gasteiger partial charge in [-0.05, 0) is 36.8 Å². The molecule has 4 heteroatoms. The minimum atomic E-state index is -0.335. The molecule has 2 rings (SSSR count). The minimum Gasteiger partial charge on any atom is -0.330 e. The molecule has 2 N–H and O–H groups in total. The molecule has 1 aromatic rings. The topological polar surface area (TPSA) is 69.2 Å². The molecule has 4 nitrogen and oxygen atoms in total. The molecule has 0 bridgehead atoms. The first kappa shape index (κ1) is 11.1. The van der Waals surface area contributed by atoms with Crippen LogP contribution in [0, 0.1) is 10.1 Å². The molecule has 1 aromatic carbocycles. The first-order chi connectivity index (χ1) is 7.68. The van der Waals surface area contributed by atoms with Crippen LogP contribution in [0.25, 0.3) is 0 Å². The van der Waals surface area contributed by atoms with Crippen molar-refractivity contribution < 1.29 is 4.92 Å². The number of rotatable bonds is 4. The second-order valence-corrected chi connectivity index (χ2v) is 4.48. The van der Waals surface area contributed by atoms with Gasteiger partial charge in [-0.15, -0.1) is 0 Å². The van der Waals surface area contributed by atoms with E-state index in [1.54, 1.807) is 12.1 Å². The molecule has 0 saturated heterocycles. The van der Waals surface area contributed by atoms with E-state index in [0.717, 1.165) is 24.8 Å². The Balaban J connectivity index is 2.31. The van der Waals surface area contributed by atoms with E-state index in [-0.39, 0.29) is 16.0 Å². The van der Waals surface area contributed by atoms with E-state index < -0.39 is 0 Å². The van der Waals surface area contributed by atoms with Crippen LogP contribution in [-0.2, 0) is 5.41 Å². The minimum absolute atomic E-state index is 0.112. The van der Waals surface area contributed by atoms with Crippen molar-refractivity contribution in [2.75, 3.05) is 6.54 Å². The second kappa shape index (κ2) is 4.22. The van der Waals surface area contributed by atoms with Gasteiger partial charge >= 0.3 is 0 Å². The fourth-order valence-electron chi connectivity index (χ4n) is 2.51. The van der Waals surface area contributed by atoms with Crippen molar-refractivity contribution in [1.29, 1.82) is 0 Å². The Labute approximate surface area is 94.6 Å². The van der Waals surface area contributed by atoms with E-state index >= 15 is 0 Å². The van der Waals surface area contributed by atoms with Crippen molar-refractivity contribution in [3.05, 3.63) is 39.9 Å². The first-order valence-electron chi connectivity index (χ1n) is 5.63. The molecular formula is C12H16N2O2. The predicted octanol–water partition coefficient (Wildman–Crippen LogP) is 2.37. The molecule has 0 radical (unpaired) electrons. The van der Waals surface area contributed by atoms with Gasteiger partial charge in [0.2, 0.25) is 0 Å². The second-order valence-electron chi connectivity index (χ2n) is 4.48. The highest BCUT2D eigenvalue weighted by Crippen LogP contribution is 2.46. The number of hydrogen-bond donors (Lipinski definition) is 1. The molecule has 0 spiro atoms. The summed E-state index contributed by atoms with van der Waals surface area (Å²) < 4.78 is 0. The zero-order valence-electron chi connectivity index (χ0n) is 9.19. The Hall–Kier alpha value is -1.42. The Morgan fingerprint density at radius 3 is 2.69 bits per heavy atom. The number of hydrogen-bond acceptors (Lipinski definition) is 3. The van der Waals surface area contributed by atoms with Gasteiger partial charge in [-0.25, -0.2) is 0 Å². The Morgan fingerprint density at radius 2 is 2.19 bits per heavy atom.